The largest absolute Gasteiger partial charge is 0.325 e. The first-order chi connectivity index (χ1) is 6.69. The number of nitrogens with one attached hydrogen (secondary N) is 1. The van der Waals surface area contributed by atoms with Gasteiger partial charge >= 0.3 is 0 Å². The molecule has 1 atom stereocenters. The molecule has 1 unspecified atom stereocenters. The predicted molar refractivity (Wildman–Crippen MR) is 58.7 cm³/mol. The quantitative estimate of drug-likeness (QED) is 0.743. The Labute approximate surface area is 85.0 Å². The molecule has 0 saturated carbocycles. The van der Waals surface area contributed by atoms with Crippen LogP contribution >= 0.6 is 0 Å². The summed E-state index contributed by atoms with van der Waals surface area (Å²) in [4.78, 5) is 3.14. The van der Waals surface area contributed by atoms with Gasteiger partial charge in [0.25, 0.3) is 0 Å². The van der Waals surface area contributed by atoms with Crippen molar-refractivity contribution in [3.63, 3.8) is 0 Å². The Kier molecular flexibility index (Phi) is 3.63. The van der Waals surface area contributed by atoms with E-state index in [-0.39, 0.29) is 0 Å². The Hall–Kier alpha value is -1.38. The van der Waals surface area contributed by atoms with Crippen molar-refractivity contribution in [2.24, 2.45) is 5.92 Å². The third kappa shape index (κ3) is 2.31. The van der Waals surface area contributed by atoms with Crippen LogP contribution in [0.4, 0.5) is 0 Å². The normalized spacial score (nSPS) is 14.1. The fraction of sp³-hybridized carbons (Fsp3) is 0.455. The van der Waals surface area contributed by atoms with Gasteiger partial charge in [-0.15, -0.1) is 16.8 Å². The topological polar surface area (TPSA) is 41.6 Å². The summed E-state index contributed by atoms with van der Waals surface area (Å²) < 4.78 is 0. The van der Waals surface area contributed by atoms with Crippen LogP contribution in [0.5, 0.6) is 0 Å². The first-order valence-corrected chi connectivity index (χ1v) is 4.85. The minimum atomic E-state index is 0.435. The van der Waals surface area contributed by atoms with Gasteiger partial charge in [0.15, 0.2) is 5.82 Å². The zero-order valence-corrected chi connectivity index (χ0v) is 9.04. The fourth-order valence-corrected chi connectivity index (χ4v) is 1.51. The predicted octanol–water partition coefficient (Wildman–Crippen LogP) is 2.73. The van der Waals surface area contributed by atoms with Crippen molar-refractivity contribution >= 4 is 5.57 Å². The summed E-state index contributed by atoms with van der Waals surface area (Å²) in [6.07, 6.45) is 4.96. The highest BCUT2D eigenvalue weighted by Crippen LogP contribution is 2.22. The van der Waals surface area contributed by atoms with Gasteiger partial charge in [-0.25, -0.2) is 0 Å². The highest BCUT2D eigenvalue weighted by Gasteiger charge is 2.12. The summed E-state index contributed by atoms with van der Waals surface area (Å²) in [6, 6.07) is 0. The number of rotatable bonds is 4. The molecule has 0 radical (unpaired) electrons. The van der Waals surface area contributed by atoms with E-state index in [1.165, 1.54) is 5.57 Å². The van der Waals surface area contributed by atoms with E-state index in [4.69, 9.17) is 0 Å². The van der Waals surface area contributed by atoms with E-state index < -0.39 is 0 Å². The second-order valence-electron chi connectivity index (χ2n) is 3.43. The third-order valence-electron chi connectivity index (χ3n) is 2.23. The molecule has 1 aromatic heterocycles. The molecule has 1 rings (SSSR count). The van der Waals surface area contributed by atoms with Crippen LogP contribution in [0.15, 0.2) is 18.7 Å². The summed E-state index contributed by atoms with van der Waals surface area (Å²) in [6.45, 7) is 9.83. The van der Waals surface area contributed by atoms with Gasteiger partial charge in [-0.1, -0.05) is 19.1 Å². The summed E-state index contributed by atoms with van der Waals surface area (Å²) in [5.74, 6) is 2.16. The van der Waals surface area contributed by atoms with Crippen LogP contribution < -0.4 is 0 Å². The third-order valence-corrected chi connectivity index (χ3v) is 2.23. The molecule has 1 N–H and O–H groups in total. The maximum Gasteiger partial charge on any atom is 0.157 e. The lowest BCUT2D eigenvalue weighted by Crippen LogP contribution is -1.99. The monoisotopic (exact) mass is 191 g/mol. The van der Waals surface area contributed by atoms with Crippen LogP contribution in [-0.4, -0.2) is 15.2 Å². The first-order valence-electron chi connectivity index (χ1n) is 4.85. The molecule has 3 nitrogen and oxygen atoms in total. The lowest BCUT2D eigenvalue weighted by Gasteiger charge is -2.10. The van der Waals surface area contributed by atoms with Gasteiger partial charge < -0.3 is 4.98 Å². The maximum absolute atomic E-state index is 4.08. The standard InChI is InChI=1S/C11H17N3/c1-5-7-8(3)10(6-2)11-12-9(4)13-14-11/h5-6,8H,1,7H2,2-4H3,(H,12,13,14)/b10-6+. The van der Waals surface area contributed by atoms with Gasteiger partial charge in [-0.2, -0.15) is 0 Å². The molecule has 3 heteroatoms. The van der Waals surface area contributed by atoms with Gasteiger partial charge in [0.2, 0.25) is 0 Å². The number of aromatic nitrogens is 3. The molecule has 0 aliphatic carbocycles. The van der Waals surface area contributed by atoms with E-state index in [0.29, 0.717) is 5.92 Å². The SMILES string of the molecule is C=CCC(C)/C(=C\C)c1nnc(C)[nH]1. The molecule has 0 bridgehead atoms. The zero-order valence-electron chi connectivity index (χ0n) is 9.04. The molecule has 0 amide bonds. The molecule has 0 saturated heterocycles. The number of hydrogen-bond acceptors (Lipinski definition) is 2. The Morgan fingerprint density at radius 3 is 2.71 bits per heavy atom. The first kappa shape index (κ1) is 10.7. The zero-order chi connectivity index (χ0) is 10.6. The lowest BCUT2D eigenvalue weighted by atomic mass is 9.97. The summed E-state index contributed by atoms with van der Waals surface area (Å²) in [7, 11) is 0. The molecule has 0 spiro atoms. The molecule has 1 aromatic rings. The molecule has 0 fully saturated rings. The number of aryl methyl sites for hydroxylation is 1. The van der Waals surface area contributed by atoms with Crippen molar-refractivity contribution in [3.05, 3.63) is 30.4 Å². The van der Waals surface area contributed by atoms with Crippen molar-refractivity contribution in [2.45, 2.75) is 27.2 Å². The van der Waals surface area contributed by atoms with Gasteiger partial charge in [0.1, 0.15) is 5.82 Å². The number of H-pyrrole nitrogens is 1. The van der Waals surface area contributed by atoms with E-state index in [0.717, 1.165) is 18.1 Å². The second kappa shape index (κ2) is 4.74. The molecular weight excluding hydrogens is 174 g/mol. The highest BCUT2D eigenvalue weighted by atomic mass is 15.2. The van der Waals surface area contributed by atoms with Gasteiger partial charge in [-0.05, 0) is 31.8 Å². The van der Waals surface area contributed by atoms with Crippen molar-refractivity contribution in [1.82, 2.24) is 15.2 Å². The Morgan fingerprint density at radius 2 is 2.29 bits per heavy atom. The van der Waals surface area contributed by atoms with Crippen LogP contribution in [0, 0.1) is 12.8 Å². The van der Waals surface area contributed by atoms with E-state index in [1.54, 1.807) is 0 Å². The maximum atomic E-state index is 4.08. The minimum Gasteiger partial charge on any atom is -0.325 e. The van der Waals surface area contributed by atoms with Crippen molar-refractivity contribution in [3.8, 4) is 0 Å². The van der Waals surface area contributed by atoms with E-state index in [2.05, 4.69) is 34.8 Å². The average Bonchev–Trinajstić information content (AvgIpc) is 2.54. The highest BCUT2D eigenvalue weighted by molar-refractivity contribution is 5.61. The smallest absolute Gasteiger partial charge is 0.157 e. The van der Waals surface area contributed by atoms with Crippen LogP contribution in [0.25, 0.3) is 5.57 Å². The Bertz CT molecular complexity index is 336. The summed E-state index contributed by atoms with van der Waals surface area (Å²) in [5, 5.41) is 8.04. The van der Waals surface area contributed by atoms with Gasteiger partial charge in [-0.3, -0.25) is 0 Å². The fourth-order valence-electron chi connectivity index (χ4n) is 1.51. The molecule has 0 aliphatic rings. The average molecular weight is 191 g/mol. The molecule has 14 heavy (non-hydrogen) atoms. The molecule has 76 valence electrons. The van der Waals surface area contributed by atoms with Gasteiger partial charge in [0.05, 0.1) is 0 Å². The van der Waals surface area contributed by atoms with Crippen molar-refractivity contribution < 1.29 is 0 Å². The number of nitrogens with zero attached hydrogens (tertiary/aromatic N) is 2. The summed E-state index contributed by atoms with van der Waals surface area (Å²) >= 11 is 0. The molecular formula is C11H17N3. The second-order valence-corrected chi connectivity index (χ2v) is 3.43. The number of aromatic amines is 1. The molecule has 1 heterocycles. The van der Waals surface area contributed by atoms with Crippen molar-refractivity contribution in [2.75, 3.05) is 0 Å². The lowest BCUT2D eigenvalue weighted by molar-refractivity contribution is 0.756. The number of hydrogen-bond donors (Lipinski definition) is 1. The molecule has 0 aliphatic heterocycles. The Balaban J connectivity index is 2.88. The summed E-state index contributed by atoms with van der Waals surface area (Å²) in [5.41, 5.74) is 1.20. The van der Waals surface area contributed by atoms with E-state index >= 15 is 0 Å². The van der Waals surface area contributed by atoms with E-state index in [1.807, 2.05) is 19.9 Å². The van der Waals surface area contributed by atoms with Crippen LogP contribution in [-0.2, 0) is 0 Å². The van der Waals surface area contributed by atoms with Crippen LogP contribution in [0.3, 0.4) is 0 Å². The number of allylic oxidation sites excluding steroid dienone is 3. The van der Waals surface area contributed by atoms with E-state index in [9.17, 15) is 0 Å². The molecule has 0 aromatic carbocycles. The minimum absolute atomic E-state index is 0.435. The van der Waals surface area contributed by atoms with Crippen molar-refractivity contribution in [1.29, 1.82) is 0 Å². The van der Waals surface area contributed by atoms with Gasteiger partial charge in [0, 0.05) is 0 Å². The van der Waals surface area contributed by atoms with Crippen LogP contribution in [0.2, 0.25) is 0 Å². The van der Waals surface area contributed by atoms with Crippen LogP contribution in [0.1, 0.15) is 31.9 Å². The Morgan fingerprint density at radius 1 is 1.57 bits per heavy atom.